The van der Waals surface area contributed by atoms with Gasteiger partial charge in [0.1, 0.15) is 0 Å². The number of hydrogen-bond donors (Lipinski definition) is 0. The maximum Gasteiger partial charge on any atom is 0.417 e. The third kappa shape index (κ3) is 17.8. The van der Waals surface area contributed by atoms with E-state index >= 15 is 0 Å². The zero-order valence-electron chi connectivity index (χ0n) is 17.5. The molecule has 0 N–H and O–H groups in total. The minimum atomic E-state index is -0.871. The Hall–Kier alpha value is -1.06. The first kappa shape index (κ1) is 24.9. The lowest BCUT2D eigenvalue weighted by molar-refractivity contribution is -0.168. The maximum atomic E-state index is 11.4. The molecule has 0 atom stereocenters. The molecule has 0 bridgehead atoms. The number of ether oxygens (including phenoxy) is 2. The summed E-state index contributed by atoms with van der Waals surface area (Å²) in [6.45, 7) is 6.68. The van der Waals surface area contributed by atoms with E-state index in [-0.39, 0.29) is 12.5 Å². The van der Waals surface area contributed by atoms with Gasteiger partial charge in [-0.2, -0.15) is 0 Å². The minimum absolute atomic E-state index is 0.220. The molecule has 26 heavy (non-hydrogen) atoms. The van der Waals surface area contributed by atoms with Crippen LogP contribution >= 0.6 is 0 Å². The Bertz CT molecular complexity index is 339. The van der Waals surface area contributed by atoms with Crippen LogP contribution in [0.4, 0.5) is 0 Å². The van der Waals surface area contributed by atoms with Gasteiger partial charge in [-0.1, -0.05) is 104 Å². The van der Waals surface area contributed by atoms with Crippen molar-refractivity contribution in [2.75, 3.05) is 13.2 Å². The summed E-state index contributed by atoms with van der Waals surface area (Å²) >= 11 is 0. The average Bonchev–Trinajstić information content (AvgIpc) is 2.62. The Morgan fingerprint density at radius 1 is 0.615 bits per heavy atom. The summed E-state index contributed by atoms with van der Waals surface area (Å²) in [4.78, 5) is 22.7. The number of carbonyl (C=O) groups is 2. The van der Waals surface area contributed by atoms with Gasteiger partial charge in [0, 0.05) is 0 Å². The summed E-state index contributed by atoms with van der Waals surface area (Å²) in [6.07, 6.45) is 18.0. The molecule has 0 aromatic carbocycles. The SMILES string of the molecule is CCCCCCCCCCCCCCCCOC(=O)C(=O)OCC(C)C. The van der Waals surface area contributed by atoms with Gasteiger partial charge in [0.2, 0.25) is 0 Å². The van der Waals surface area contributed by atoms with Gasteiger partial charge in [-0.3, -0.25) is 0 Å². The molecular weight excluding hydrogens is 328 g/mol. The van der Waals surface area contributed by atoms with Crippen molar-refractivity contribution in [2.24, 2.45) is 5.92 Å². The Balaban J connectivity index is 3.24. The molecule has 0 spiro atoms. The molecule has 0 aromatic rings. The first-order chi connectivity index (χ1) is 12.6. The molecule has 154 valence electrons. The van der Waals surface area contributed by atoms with Crippen molar-refractivity contribution >= 4 is 11.9 Å². The monoisotopic (exact) mass is 370 g/mol. The van der Waals surface area contributed by atoms with E-state index < -0.39 is 11.9 Å². The van der Waals surface area contributed by atoms with E-state index in [1.54, 1.807) is 0 Å². The van der Waals surface area contributed by atoms with Crippen LogP contribution in [0.25, 0.3) is 0 Å². The van der Waals surface area contributed by atoms with Crippen molar-refractivity contribution in [3.8, 4) is 0 Å². The van der Waals surface area contributed by atoms with E-state index in [2.05, 4.69) is 6.92 Å². The number of hydrogen-bond acceptors (Lipinski definition) is 4. The smallest absolute Gasteiger partial charge is 0.417 e. The third-order valence-electron chi connectivity index (χ3n) is 4.45. The topological polar surface area (TPSA) is 52.6 Å². The fraction of sp³-hybridized carbons (Fsp3) is 0.909. The summed E-state index contributed by atoms with van der Waals surface area (Å²) in [5.41, 5.74) is 0. The van der Waals surface area contributed by atoms with Gasteiger partial charge in [-0.05, 0) is 12.3 Å². The average molecular weight is 371 g/mol. The van der Waals surface area contributed by atoms with Gasteiger partial charge < -0.3 is 9.47 Å². The number of carbonyl (C=O) groups excluding carboxylic acids is 2. The minimum Gasteiger partial charge on any atom is -0.457 e. The zero-order valence-corrected chi connectivity index (χ0v) is 17.5. The molecule has 4 nitrogen and oxygen atoms in total. The highest BCUT2D eigenvalue weighted by Crippen LogP contribution is 2.12. The Morgan fingerprint density at radius 2 is 1.00 bits per heavy atom. The quantitative estimate of drug-likeness (QED) is 0.173. The molecule has 0 aliphatic rings. The fourth-order valence-electron chi connectivity index (χ4n) is 2.82. The molecule has 0 heterocycles. The van der Waals surface area contributed by atoms with Crippen molar-refractivity contribution in [3.05, 3.63) is 0 Å². The van der Waals surface area contributed by atoms with Gasteiger partial charge in [-0.15, -0.1) is 0 Å². The molecule has 0 aliphatic heterocycles. The van der Waals surface area contributed by atoms with Crippen LogP contribution in [0.1, 0.15) is 111 Å². The van der Waals surface area contributed by atoms with E-state index in [0.717, 1.165) is 12.8 Å². The molecular formula is C22H42O4. The molecule has 0 aliphatic carbocycles. The van der Waals surface area contributed by atoms with Crippen LogP contribution in [0.5, 0.6) is 0 Å². The largest absolute Gasteiger partial charge is 0.457 e. The molecule has 0 fully saturated rings. The van der Waals surface area contributed by atoms with Gasteiger partial charge in [0.05, 0.1) is 13.2 Å². The van der Waals surface area contributed by atoms with E-state index in [0.29, 0.717) is 6.61 Å². The summed E-state index contributed by atoms with van der Waals surface area (Å²) in [5.74, 6) is -1.51. The molecule has 4 heteroatoms. The molecule has 0 saturated heterocycles. The Morgan fingerprint density at radius 3 is 1.42 bits per heavy atom. The first-order valence-corrected chi connectivity index (χ1v) is 10.9. The Labute approximate surface area is 161 Å². The van der Waals surface area contributed by atoms with Crippen LogP contribution in [-0.4, -0.2) is 25.2 Å². The lowest BCUT2D eigenvalue weighted by Gasteiger charge is -2.07. The third-order valence-corrected chi connectivity index (χ3v) is 4.45. The van der Waals surface area contributed by atoms with Gasteiger partial charge in [-0.25, -0.2) is 9.59 Å². The van der Waals surface area contributed by atoms with Crippen LogP contribution in [-0.2, 0) is 19.1 Å². The standard InChI is InChI=1S/C22H42O4/c1-4-5-6-7-8-9-10-11-12-13-14-15-16-17-18-25-21(23)22(24)26-19-20(2)3/h20H,4-19H2,1-3H3. The van der Waals surface area contributed by atoms with Crippen LogP contribution in [0.15, 0.2) is 0 Å². The second kappa shape index (κ2) is 18.7. The van der Waals surface area contributed by atoms with E-state index in [1.165, 1.54) is 77.0 Å². The maximum absolute atomic E-state index is 11.4. The fourth-order valence-corrected chi connectivity index (χ4v) is 2.82. The first-order valence-electron chi connectivity index (χ1n) is 10.9. The number of rotatable bonds is 17. The highest BCUT2D eigenvalue weighted by molar-refractivity contribution is 6.29. The van der Waals surface area contributed by atoms with E-state index in [4.69, 9.17) is 9.47 Å². The molecule has 0 unspecified atom stereocenters. The molecule has 0 aromatic heterocycles. The van der Waals surface area contributed by atoms with Crippen LogP contribution in [0.2, 0.25) is 0 Å². The number of esters is 2. The lowest BCUT2D eigenvalue weighted by Crippen LogP contribution is -2.22. The van der Waals surface area contributed by atoms with Crippen molar-refractivity contribution in [1.82, 2.24) is 0 Å². The van der Waals surface area contributed by atoms with Gasteiger partial charge in [0.15, 0.2) is 0 Å². The van der Waals surface area contributed by atoms with Crippen molar-refractivity contribution in [2.45, 2.75) is 111 Å². The highest BCUT2D eigenvalue weighted by Gasteiger charge is 2.17. The summed E-state index contributed by atoms with van der Waals surface area (Å²) in [5, 5.41) is 0. The van der Waals surface area contributed by atoms with Crippen LogP contribution in [0, 0.1) is 5.92 Å². The second-order valence-corrected chi connectivity index (χ2v) is 7.72. The summed E-state index contributed by atoms with van der Waals surface area (Å²) < 4.78 is 9.76. The summed E-state index contributed by atoms with van der Waals surface area (Å²) in [7, 11) is 0. The van der Waals surface area contributed by atoms with Crippen molar-refractivity contribution < 1.29 is 19.1 Å². The predicted octanol–water partition coefficient (Wildman–Crippen LogP) is 6.21. The van der Waals surface area contributed by atoms with Crippen LogP contribution < -0.4 is 0 Å². The zero-order chi connectivity index (χ0) is 19.5. The van der Waals surface area contributed by atoms with Gasteiger partial charge >= 0.3 is 11.9 Å². The van der Waals surface area contributed by atoms with Crippen molar-refractivity contribution in [1.29, 1.82) is 0 Å². The van der Waals surface area contributed by atoms with Crippen LogP contribution in [0.3, 0.4) is 0 Å². The van der Waals surface area contributed by atoms with E-state index in [9.17, 15) is 9.59 Å². The molecule has 0 rings (SSSR count). The number of unbranched alkanes of at least 4 members (excludes halogenated alkanes) is 13. The molecule has 0 saturated carbocycles. The van der Waals surface area contributed by atoms with E-state index in [1.807, 2.05) is 13.8 Å². The summed E-state index contributed by atoms with van der Waals surface area (Å²) in [6, 6.07) is 0. The normalized spacial score (nSPS) is 10.9. The van der Waals surface area contributed by atoms with Gasteiger partial charge in [0.25, 0.3) is 0 Å². The van der Waals surface area contributed by atoms with Crippen molar-refractivity contribution in [3.63, 3.8) is 0 Å². The molecule has 0 radical (unpaired) electrons. The Kier molecular flexibility index (Phi) is 18.0. The highest BCUT2D eigenvalue weighted by atomic mass is 16.6. The second-order valence-electron chi connectivity index (χ2n) is 7.72. The lowest BCUT2D eigenvalue weighted by atomic mass is 10.0. The predicted molar refractivity (Wildman–Crippen MR) is 107 cm³/mol. The molecule has 0 amide bonds.